The SMILES string of the molecule is Cc1csc(C(NC2CC2)C2CCC(C)O2)n1. The Bertz CT molecular complexity index is 389. The van der Waals surface area contributed by atoms with Crippen molar-refractivity contribution in [1.29, 1.82) is 0 Å². The highest BCUT2D eigenvalue weighted by molar-refractivity contribution is 7.09. The summed E-state index contributed by atoms with van der Waals surface area (Å²) in [5.41, 5.74) is 1.12. The van der Waals surface area contributed by atoms with E-state index in [-0.39, 0.29) is 0 Å². The molecule has 1 aliphatic heterocycles. The summed E-state index contributed by atoms with van der Waals surface area (Å²) in [5, 5.41) is 7.04. The number of rotatable bonds is 4. The Morgan fingerprint density at radius 3 is 2.76 bits per heavy atom. The van der Waals surface area contributed by atoms with Gasteiger partial charge in [0.1, 0.15) is 5.01 Å². The molecule has 1 aromatic rings. The minimum absolute atomic E-state index is 0.311. The molecule has 0 spiro atoms. The van der Waals surface area contributed by atoms with E-state index in [0.717, 1.165) is 12.1 Å². The molecule has 1 aliphatic carbocycles. The van der Waals surface area contributed by atoms with E-state index >= 15 is 0 Å². The van der Waals surface area contributed by atoms with Crippen LogP contribution in [0.25, 0.3) is 0 Å². The maximum atomic E-state index is 6.02. The van der Waals surface area contributed by atoms with Crippen LogP contribution in [0.3, 0.4) is 0 Å². The minimum Gasteiger partial charge on any atom is -0.373 e. The number of nitrogens with one attached hydrogen (secondary N) is 1. The van der Waals surface area contributed by atoms with Crippen LogP contribution in [0.5, 0.6) is 0 Å². The van der Waals surface area contributed by atoms with E-state index in [1.165, 1.54) is 24.3 Å². The molecule has 0 aromatic carbocycles. The molecule has 3 atom stereocenters. The number of aromatic nitrogens is 1. The largest absolute Gasteiger partial charge is 0.373 e. The van der Waals surface area contributed by atoms with E-state index in [4.69, 9.17) is 4.74 Å². The number of hydrogen-bond donors (Lipinski definition) is 1. The van der Waals surface area contributed by atoms with Gasteiger partial charge in [0, 0.05) is 17.1 Å². The second-order valence-corrected chi connectivity index (χ2v) is 6.20. The third-order valence-corrected chi connectivity index (χ3v) is 4.58. The Kier molecular flexibility index (Phi) is 3.19. The topological polar surface area (TPSA) is 34.1 Å². The third-order valence-electron chi connectivity index (χ3n) is 3.53. The number of thiazole rings is 1. The molecule has 1 saturated heterocycles. The Morgan fingerprint density at radius 2 is 2.24 bits per heavy atom. The summed E-state index contributed by atoms with van der Waals surface area (Å²) < 4.78 is 6.02. The Balaban J connectivity index is 1.75. The lowest BCUT2D eigenvalue weighted by Crippen LogP contribution is -2.33. The molecule has 2 aliphatic rings. The standard InChI is InChI=1S/C13H20N2OS/c1-8-7-17-13(14-8)12(15-10-4-5-10)11-6-3-9(2)16-11/h7,9-12,15H,3-6H2,1-2H3. The van der Waals surface area contributed by atoms with E-state index in [1.807, 2.05) is 0 Å². The van der Waals surface area contributed by atoms with Gasteiger partial charge in [-0.25, -0.2) is 4.98 Å². The number of ether oxygens (including phenoxy) is 1. The first-order valence-electron chi connectivity index (χ1n) is 6.56. The summed E-state index contributed by atoms with van der Waals surface area (Å²) >= 11 is 1.76. The lowest BCUT2D eigenvalue weighted by atomic mass is 10.1. The maximum absolute atomic E-state index is 6.02. The van der Waals surface area contributed by atoms with Crippen molar-refractivity contribution < 1.29 is 4.74 Å². The van der Waals surface area contributed by atoms with Gasteiger partial charge in [0.15, 0.2) is 0 Å². The van der Waals surface area contributed by atoms with Gasteiger partial charge < -0.3 is 10.1 Å². The van der Waals surface area contributed by atoms with Crippen LogP contribution in [0, 0.1) is 6.92 Å². The zero-order chi connectivity index (χ0) is 11.8. The van der Waals surface area contributed by atoms with Crippen LogP contribution in [0.1, 0.15) is 49.4 Å². The van der Waals surface area contributed by atoms with E-state index < -0.39 is 0 Å². The van der Waals surface area contributed by atoms with Crippen LogP contribution in [0.4, 0.5) is 0 Å². The average molecular weight is 252 g/mol. The average Bonchev–Trinajstić information content (AvgIpc) is 2.86. The summed E-state index contributed by atoms with van der Waals surface area (Å²) in [7, 11) is 0. The molecular formula is C13H20N2OS. The second-order valence-electron chi connectivity index (χ2n) is 5.31. The summed E-state index contributed by atoms with van der Waals surface area (Å²) in [5.74, 6) is 0. The smallest absolute Gasteiger partial charge is 0.112 e. The predicted molar refractivity (Wildman–Crippen MR) is 69.3 cm³/mol. The molecule has 17 heavy (non-hydrogen) atoms. The quantitative estimate of drug-likeness (QED) is 0.894. The minimum atomic E-state index is 0.311. The van der Waals surface area contributed by atoms with Gasteiger partial charge in [0.05, 0.1) is 18.2 Å². The van der Waals surface area contributed by atoms with Gasteiger partial charge in [0.25, 0.3) is 0 Å². The van der Waals surface area contributed by atoms with Gasteiger partial charge >= 0.3 is 0 Å². The fourth-order valence-electron chi connectivity index (χ4n) is 2.44. The molecule has 3 unspecified atom stereocenters. The molecule has 1 N–H and O–H groups in total. The molecule has 0 amide bonds. The molecule has 4 heteroatoms. The van der Waals surface area contributed by atoms with Crippen LogP contribution in [-0.4, -0.2) is 23.2 Å². The number of aryl methyl sites for hydroxylation is 1. The number of hydrogen-bond acceptors (Lipinski definition) is 4. The lowest BCUT2D eigenvalue weighted by Gasteiger charge is -2.23. The highest BCUT2D eigenvalue weighted by Gasteiger charge is 2.35. The maximum Gasteiger partial charge on any atom is 0.112 e. The molecule has 1 aromatic heterocycles. The lowest BCUT2D eigenvalue weighted by molar-refractivity contribution is 0.0310. The molecule has 3 nitrogen and oxygen atoms in total. The third kappa shape index (κ3) is 2.69. The van der Waals surface area contributed by atoms with Crippen molar-refractivity contribution in [1.82, 2.24) is 10.3 Å². The molecule has 3 rings (SSSR count). The Labute approximate surface area is 107 Å². The molecule has 1 saturated carbocycles. The van der Waals surface area contributed by atoms with Crippen LogP contribution in [0.2, 0.25) is 0 Å². The normalized spacial score (nSPS) is 30.7. The molecule has 0 bridgehead atoms. The second kappa shape index (κ2) is 4.67. The molecule has 2 heterocycles. The van der Waals surface area contributed by atoms with E-state index in [0.29, 0.717) is 24.3 Å². The summed E-state index contributed by atoms with van der Waals surface area (Å²) in [6.45, 7) is 4.23. The Morgan fingerprint density at radius 1 is 1.41 bits per heavy atom. The first kappa shape index (κ1) is 11.6. The van der Waals surface area contributed by atoms with Crippen LogP contribution in [-0.2, 0) is 4.74 Å². The van der Waals surface area contributed by atoms with Crippen LogP contribution in [0.15, 0.2) is 5.38 Å². The molecule has 94 valence electrons. The van der Waals surface area contributed by atoms with Crippen molar-refractivity contribution >= 4 is 11.3 Å². The van der Waals surface area contributed by atoms with Gasteiger partial charge in [-0.1, -0.05) is 0 Å². The van der Waals surface area contributed by atoms with Crippen LogP contribution >= 0.6 is 11.3 Å². The van der Waals surface area contributed by atoms with Crippen molar-refractivity contribution in [3.8, 4) is 0 Å². The van der Waals surface area contributed by atoms with Gasteiger partial charge in [-0.15, -0.1) is 11.3 Å². The van der Waals surface area contributed by atoms with Crippen molar-refractivity contribution in [2.75, 3.05) is 0 Å². The van der Waals surface area contributed by atoms with Gasteiger partial charge in [-0.2, -0.15) is 0 Å². The molecule has 0 radical (unpaired) electrons. The van der Waals surface area contributed by atoms with Crippen molar-refractivity contribution in [2.24, 2.45) is 0 Å². The van der Waals surface area contributed by atoms with Crippen molar-refractivity contribution in [3.05, 3.63) is 16.1 Å². The zero-order valence-corrected chi connectivity index (χ0v) is 11.3. The summed E-state index contributed by atoms with van der Waals surface area (Å²) in [4.78, 5) is 4.64. The van der Waals surface area contributed by atoms with Gasteiger partial charge in [-0.05, 0) is 39.5 Å². The van der Waals surface area contributed by atoms with E-state index in [1.54, 1.807) is 11.3 Å². The highest BCUT2D eigenvalue weighted by Crippen LogP contribution is 2.34. The summed E-state index contributed by atoms with van der Waals surface area (Å²) in [6, 6.07) is 1.01. The van der Waals surface area contributed by atoms with E-state index in [2.05, 4.69) is 29.5 Å². The van der Waals surface area contributed by atoms with Gasteiger partial charge in [-0.3, -0.25) is 0 Å². The zero-order valence-electron chi connectivity index (χ0n) is 10.5. The van der Waals surface area contributed by atoms with Crippen molar-refractivity contribution in [2.45, 2.75) is 63.8 Å². The molecular weight excluding hydrogens is 232 g/mol. The van der Waals surface area contributed by atoms with Crippen LogP contribution < -0.4 is 5.32 Å². The number of nitrogens with zero attached hydrogens (tertiary/aromatic N) is 1. The Hall–Kier alpha value is -0.450. The highest BCUT2D eigenvalue weighted by atomic mass is 32.1. The fourth-order valence-corrected chi connectivity index (χ4v) is 3.34. The summed E-state index contributed by atoms with van der Waals surface area (Å²) in [6.07, 6.45) is 5.68. The first-order valence-corrected chi connectivity index (χ1v) is 7.44. The van der Waals surface area contributed by atoms with Crippen molar-refractivity contribution in [3.63, 3.8) is 0 Å². The first-order chi connectivity index (χ1) is 8.22. The fraction of sp³-hybridized carbons (Fsp3) is 0.769. The molecule has 2 fully saturated rings. The van der Waals surface area contributed by atoms with Gasteiger partial charge in [0.2, 0.25) is 0 Å². The van der Waals surface area contributed by atoms with E-state index in [9.17, 15) is 0 Å². The monoisotopic (exact) mass is 252 g/mol. The predicted octanol–water partition coefficient (Wildman–Crippen LogP) is 2.81.